The number of esters is 1. The van der Waals surface area contributed by atoms with Crippen LogP contribution in [0, 0.1) is 6.92 Å². The number of hydrazone groups is 1. The highest BCUT2D eigenvalue weighted by atomic mass is 16.5. The van der Waals surface area contributed by atoms with Gasteiger partial charge in [-0.1, -0.05) is 24.3 Å². The summed E-state index contributed by atoms with van der Waals surface area (Å²) in [4.78, 5) is 16.5. The molecule has 0 fully saturated rings. The summed E-state index contributed by atoms with van der Waals surface area (Å²) >= 11 is 0. The van der Waals surface area contributed by atoms with E-state index in [2.05, 4.69) is 10.1 Å². The Morgan fingerprint density at radius 3 is 2.67 bits per heavy atom. The molecule has 0 saturated carbocycles. The van der Waals surface area contributed by atoms with Gasteiger partial charge < -0.3 is 10.6 Å². The van der Waals surface area contributed by atoms with Gasteiger partial charge in [0.15, 0.2) is 0 Å². The van der Waals surface area contributed by atoms with Crippen molar-refractivity contribution in [3.05, 3.63) is 53.2 Å². The van der Waals surface area contributed by atoms with Crippen LogP contribution in [0.15, 0.2) is 41.6 Å². The average molecular weight is 283 g/mol. The highest BCUT2D eigenvalue weighted by Gasteiger charge is 2.17. The predicted octanol–water partition coefficient (Wildman–Crippen LogP) is 2.53. The number of benzene rings is 1. The number of hydrogen-bond donors (Lipinski definition) is 1. The Hall–Kier alpha value is -2.69. The molecule has 2 aromatic rings. The highest BCUT2D eigenvalue weighted by molar-refractivity contribution is 5.97. The summed E-state index contributed by atoms with van der Waals surface area (Å²) in [6.45, 7) is 3.98. The Labute approximate surface area is 123 Å². The molecular formula is C16H17N3O2. The fraction of sp³-hybridized carbons (Fsp3) is 0.188. The molecule has 0 aliphatic heterocycles. The molecule has 0 amide bonds. The molecule has 0 aliphatic rings. The van der Waals surface area contributed by atoms with Crippen LogP contribution in [-0.4, -0.2) is 23.8 Å². The Bertz CT molecular complexity index is 664. The molecule has 0 bridgehead atoms. The second-order valence-electron chi connectivity index (χ2n) is 4.47. The highest BCUT2D eigenvalue weighted by Crippen LogP contribution is 2.24. The van der Waals surface area contributed by atoms with Gasteiger partial charge in [0.1, 0.15) is 0 Å². The number of carbonyl (C=O) groups excluding carboxylic acids is 1. The minimum atomic E-state index is -0.356. The second kappa shape index (κ2) is 6.65. The van der Waals surface area contributed by atoms with E-state index in [-0.39, 0.29) is 5.97 Å². The van der Waals surface area contributed by atoms with Crippen LogP contribution < -0.4 is 5.84 Å². The fourth-order valence-corrected chi connectivity index (χ4v) is 2.05. The van der Waals surface area contributed by atoms with E-state index in [1.165, 1.54) is 0 Å². The number of nitrogens with zero attached hydrogens (tertiary/aromatic N) is 2. The van der Waals surface area contributed by atoms with Gasteiger partial charge in [-0.05, 0) is 31.0 Å². The van der Waals surface area contributed by atoms with Crippen molar-refractivity contribution < 1.29 is 9.53 Å². The fourth-order valence-electron chi connectivity index (χ4n) is 2.05. The standard InChI is InChI=1S/C16H17N3O2/c1-3-21-16(20)14-11(2)8-9-18-15(14)13-6-4-12(5-7-13)10-19-17/h4-10H,3,17H2,1-2H3. The number of pyridine rings is 1. The molecular weight excluding hydrogens is 266 g/mol. The quantitative estimate of drug-likeness (QED) is 0.405. The van der Waals surface area contributed by atoms with Crippen LogP contribution >= 0.6 is 0 Å². The van der Waals surface area contributed by atoms with E-state index < -0.39 is 0 Å². The van der Waals surface area contributed by atoms with Crippen LogP contribution in [0.5, 0.6) is 0 Å². The van der Waals surface area contributed by atoms with Crippen molar-refractivity contribution in [1.29, 1.82) is 0 Å². The summed E-state index contributed by atoms with van der Waals surface area (Å²) in [6.07, 6.45) is 3.24. The number of aromatic nitrogens is 1. The van der Waals surface area contributed by atoms with Crippen LogP contribution in [0.1, 0.15) is 28.4 Å². The maximum absolute atomic E-state index is 12.1. The molecule has 1 heterocycles. The van der Waals surface area contributed by atoms with Crippen molar-refractivity contribution in [2.45, 2.75) is 13.8 Å². The number of rotatable bonds is 4. The Morgan fingerprint density at radius 1 is 1.33 bits per heavy atom. The first-order valence-corrected chi connectivity index (χ1v) is 6.63. The molecule has 1 aromatic carbocycles. The molecule has 108 valence electrons. The molecule has 0 atom stereocenters. The Balaban J connectivity index is 2.48. The SMILES string of the molecule is CCOC(=O)c1c(C)ccnc1-c1ccc(C=NN)cc1. The Morgan fingerprint density at radius 2 is 2.05 bits per heavy atom. The van der Waals surface area contributed by atoms with Crippen LogP contribution in [0.4, 0.5) is 0 Å². The number of carbonyl (C=O) groups is 1. The third-order valence-corrected chi connectivity index (χ3v) is 3.05. The van der Waals surface area contributed by atoms with Crippen LogP contribution in [0.2, 0.25) is 0 Å². The van der Waals surface area contributed by atoms with Crippen molar-refractivity contribution in [2.24, 2.45) is 10.9 Å². The molecule has 5 heteroatoms. The van der Waals surface area contributed by atoms with Crippen molar-refractivity contribution in [2.75, 3.05) is 6.61 Å². The van der Waals surface area contributed by atoms with Gasteiger partial charge in [0.2, 0.25) is 0 Å². The number of ether oxygens (including phenoxy) is 1. The summed E-state index contributed by atoms with van der Waals surface area (Å²) in [5, 5.41) is 3.48. The largest absolute Gasteiger partial charge is 0.462 e. The maximum atomic E-state index is 12.1. The van der Waals surface area contributed by atoms with Gasteiger partial charge in [0.25, 0.3) is 0 Å². The van der Waals surface area contributed by atoms with Gasteiger partial charge in [0, 0.05) is 11.8 Å². The van der Waals surface area contributed by atoms with Gasteiger partial charge in [0.05, 0.1) is 24.1 Å². The average Bonchev–Trinajstić information content (AvgIpc) is 2.48. The van der Waals surface area contributed by atoms with E-state index in [9.17, 15) is 4.79 Å². The minimum absolute atomic E-state index is 0.332. The van der Waals surface area contributed by atoms with Crippen molar-refractivity contribution >= 4 is 12.2 Å². The summed E-state index contributed by atoms with van der Waals surface area (Å²) in [7, 11) is 0. The molecule has 5 nitrogen and oxygen atoms in total. The zero-order valence-corrected chi connectivity index (χ0v) is 12.0. The summed E-state index contributed by atoms with van der Waals surface area (Å²) in [5.41, 5.74) is 3.68. The molecule has 0 saturated heterocycles. The van der Waals surface area contributed by atoms with Gasteiger partial charge in [-0.3, -0.25) is 4.98 Å². The Kier molecular flexibility index (Phi) is 4.66. The van der Waals surface area contributed by atoms with Crippen molar-refractivity contribution in [3.63, 3.8) is 0 Å². The zero-order valence-electron chi connectivity index (χ0n) is 12.0. The third kappa shape index (κ3) is 3.25. The lowest BCUT2D eigenvalue weighted by atomic mass is 10.0. The summed E-state index contributed by atoms with van der Waals surface area (Å²) in [6, 6.07) is 9.28. The first-order chi connectivity index (χ1) is 10.2. The number of hydrogen-bond acceptors (Lipinski definition) is 5. The lowest BCUT2D eigenvalue weighted by molar-refractivity contribution is 0.0526. The summed E-state index contributed by atoms with van der Waals surface area (Å²) < 4.78 is 5.12. The molecule has 0 spiro atoms. The normalized spacial score (nSPS) is 10.8. The topological polar surface area (TPSA) is 77.6 Å². The van der Waals surface area contributed by atoms with Crippen molar-refractivity contribution in [3.8, 4) is 11.3 Å². The maximum Gasteiger partial charge on any atom is 0.340 e. The third-order valence-electron chi connectivity index (χ3n) is 3.05. The molecule has 0 aliphatic carbocycles. The van der Waals surface area contributed by atoms with Crippen LogP contribution in [-0.2, 0) is 4.74 Å². The smallest absolute Gasteiger partial charge is 0.340 e. The van der Waals surface area contributed by atoms with E-state index in [0.29, 0.717) is 17.9 Å². The molecule has 0 radical (unpaired) electrons. The second-order valence-corrected chi connectivity index (χ2v) is 4.47. The van der Waals surface area contributed by atoms with Gasteiger partial charge in [-0.25, -0.2) is 4.79 Å². The lowest BCUT2D eigenvalue weighted by Crippen LogP contribution is -2.09. The molecule has 21 heavy (non-hydrogen) atoms. The molecule has 1 aromatic heterocycles. The minimum Gasteiger partial charge on any atom is -0.462 e. The van der Waals surface area contributed by atoms with Gasteiger partial charge in [-0.15, -0.1) is 0 Å². The van der Waals surface area contributed by atoms with Crippen LogP contribution in [0.3, 0.4) is 0 Å². The number of nitrogens with two attached hydrogens (primary N) is 1. The lowest BCUT2D eigenvalue weighted by Gasteiger charge is -2.11. The van der Waals surface area contributed by atoms with E-state index in [1.807, 2.05) is 31.2 Å². The zero-order chi connectivity index (χ0) is 15.2. The first-order valence-electron chi connectivity index (χ1n) is 6.63. The van der Waals surface area contributed by atoms with E-state index in [4.69, 9.17) is 10.6 Å². The monoisotopic (exact) mass is 283 g/mol. The molecule has 0 unspecified atom stereocenters. The summed E-state index contributed by atoms with van der Waals surface area (Å²) in [5.74, 6) is 4.77. The van der Waals surface area contributed by atoms with Crippen molar-refractivity contribution in [1.82, 2.24) is 4.98 Å². The predicted molar refractivity (Wildman–Crippen MR) is 82.1 cm³/mol. The van der Waals surface area contributed by atoms with Gasteiger partial charge >= 0.3 is 5.97 Å². The van der Waals surface area contributed by atoms with E-state index >= 15 is 0 Å². The van der Waals surface area contributed by atoms with Gasteiger partial charge in [-0.2, -0.15) is 5.10 Å². The number of aryl methyl sites for hydroxylation is 1. The molecule has 2 rings (SSSR count). The molecule has 2 N–H and O–H groups in total. The van der Waals surface area contributed by atoms with E-state index in [1.54, 1.807) is 25.4 Å². The van der Waals surface area contributed by atoms with E-state index in [0.717, 1.165) is 16.7 Å². The first kappa shape index (κ1) is 14.7. The van der Waals surface area contributed by atoms with Crippen LogP contribution in [0.25, 0.3) is 11.3 Å².